The van der Waals surface area contributed by atoms with Crippen LogP contribution in [-0.2, 0) is 0 Å². The zero-order valence-corrected chi connectivity index (χ0v) is 5.77. The van der Waals surface area contributed by atoms with Gasteiger partial charge in [-0.15, -0.1) is 0 Å². The van der Waals surface area contributed by atoms with E-state index in [1.54, 1.807) is 0 Å². The maximum atomic E-state index is 12.3. The number of benzene rings is 1. The van der Waals surface area contributed by atoms with E-state index in [9.17, 15) is 4.39 Å². The summed E-state index contributed by atoms with van der Waals surface area (Å²) in [4.78, 5) is 0. The molecule has 0 saturated carbocycles. The van der Waals surface area contributed by atoms with Crippen LogP contribution in [0, 0.1) is 5.82 Å². The molecule has 0 heterocycles. The minimum Gasteiger partial charge on any atom is -0.450 e. The molecule has 0 aliphatic rings. The van der Waals surface area contributed by atoms with Crippen molar-refractivity contribution >= 4 is 24.5 Å². The SMILES string of the molecule is O[B]c1ccc(F)cc1Cl. The zero-order chi connectivity index (χ0) is 7.56. The van der Waals surface area contributed by atoms with Crippen molar-refractivity contribution in [3.63, 3.8) is 0 Å². The molecule has 1 aromatic rings. The molecule has 0 fully saturated rings. The van der Waals surface area contributed by atoms with Gasteiger partial charge in [-0.3, -0.25) is 0 Å². The highest BCUT2D eigenvalue weighted by Crippen LogP contribution is 2.05. The summed E-state index contributed by atoms with van der Waals surface area (Å²) in [5, 5.41) is 8.69. The molecule has 51 valence electrons. The van der Waals surface area contributed by atoms with E-state index in [1.807, 2.05) is 0 Å². The fourth-order valence-electron chi connectivity index (χ4n) is 0.606. The Morgan fingerprint density at radius 2 is 2.20 bits per heavy atom. The van der Waals surface area contributed by atoms with Crippen molar-refractivity contribution in [2.24, 2.45) is 0 Å². The van der Waals surface area contributed by atoms with Gasteiger partial charge in [-0.05, 0) is 17.6 Å². The molecule has 10 heavy (non-hydrogen) atoms. The lowest BCUT2D eigenvalue weighted by Crippen LogP contribution is -2.14. The topological polar surface area (TPSA) is 20.2 Å². The lowest BCUT2D eigenvalue weighted by Gasteiger charge is -1.96. The van der Waals surface area contributed by atoms with E-state index < -0.39 is 5.82 Å². The second kappa shape index (κ2) is 3.04. The van der Waals surface area contributed by atoms with Crippen LogP contribution in [0.5, 0.6) is 0 Å². The summed E-state index contributed by atoms with van der Waals surface area (Å²) < 4.78 is 12.3. The fourth-order valence-corrected chi connectivity index (χ4v) is 0.822. The van der Waals surface area contributed by atoms with Gasteiger partial charge in [-0.1, -0.05) is 17.7 Å². The molecule has 0 atom stereocenters. The van der Waals surface area contributed by atoms with Crippen LogP contribution in [0.2, 0.25) is 5.02 Å². The molecule has 0 unspecified atom stereocenters. The molecule has 1 radical (unpaired) electrons. The standard InChI is InChI=1S/C6H4BClFO/c8-6-3-4(9)1-2-5(6)7-10/h1-3,10H. The Morgan fingerprint density at radius 1 is 1.50 bits per heavy atom. The first-order valence-electron chi connectivity index (χ1n) is 2.66. The van der Waals surface area contributed by atoms with Gasteiger partial charge in [0.1, 0.15) is 5.82 Å². The molecule has 0 bridgehead atoms. The molecule has 0 amide bonds. The summed E-state index contributed by atoms with van der Waals surface area (Å²) in [5.41, 5.74) is 0.420. The average Bonchev–Trinajstić information content (AvgIpc) is 1.88. The van der Waals surface area contributed by atoms with E-state index in [0.717, 1.165) is 13.5 Å². The van der Waals surface area contributed by atoms with Gasteiger partial charge in [0.25, 0.3) is 0 Å². The molecule has 0 spiro atoms. The van der Waals surface area contributed by atoms with E-state index in [0.29, 0.717) is 5.46 Å². The minimum atomic E-state index is -0.407. The van der Waals surface area contributed by atoms with Gasteiger partial charge >= 0.3 is 7.48 Å². The normalized spacial score (nSPS) is 9.50. The molecule has 0 aliphatic heterocycles. The van der Waals surface area contributed by atoms with Crippen molar-refractivity contribution in [1.82, 2.24) is 0 Å². The quantitative estimate of drug-likeness (QED) is 0.596. The molecular weight excluding hydrogens is 153 g/mol. The highest BCUT2D eigenvalue weighted by Gasteiger charge is 2.00. The smallest absolute Gasteiger partial charge is 0.328 e. The summed E-state index contributed by atoms with van der Waals surface area (Å²) >= 11 is 5.50. The Kier molecular flexibility index (Phi) is 2.30. The van der Waals surface area contributed by atoms with Gasteiger partial charge in [0, 0.05) is 5.02 Å². The van der Waals surface area contributed by atoms with E-state index in [-0.39, 0.29) is 5.02 Å². The van der Waals surface area contributed by atoms with E-state index in [1.165, 1.54) is 12.1 Å². The summed E-state index contributed by atoms with van der Waals surface area (Å²) in [7, 11) is 0.835. The van der Waals surface area contributed by atoms with Crippen molar-refractivity contribution < 1.29 is 9.41 Å². The molecule has 1 aromatic carbocycles. The van der Waals surface area contributed by atoms with Gasteiger partial charge in [-0.25, -0.2) is 4.39 Å². The molecule has 1 rings (SSSR count). The van der Waals surface area contributed by atoms with E-state index >= 15 is 0 Å². The summed E-state index contributed by atoms with van der Waals surface area (Å²) in [6.07, 6.45) is 0. The van der Waals surface area contributed by atoms with Gasteiger partial charge in [0.15, 0.2) is 0 Å². The highest BCUT2D eigenvalue weighted by atomic mass is 35.5. The molecule has 4 heteroatoms. The Bertz CT molecular complexity index is 241. The molecule has 1 N–H and O–H groups in total. The molecule has 0 aliphatic carbocycles. The summed E-state index contributed by atoms with van der Waals surface area (Å²) in [6, 6.07) is 3.77. The molecular formula is C6H4BClFO. The van der Waals surface area contributed by atoms with Crippen LogP contribution >= 0.6 is 11.6 Å². The zero-order valence-electron chi connectivity index (χ0n) is 5.01. The highest BCUT2D eigenvalue weighted by molar-refractivity contribution is 6.52. The van der Waals surface area contributed by atoms with Crippen molar-refractivity contribution in [2.75, 3.05) is 0 Å². The first-order chi connectivity index (χ1) is 4.74. The van der Waals surface area contributed by atoms with Crippen LogP contribution in [0.1, 0.15) is 0 Å². The second-order valence-corrected chi connectivity index (χ2v) is 2.20. The lowest BCUT2D eigenvalue weighted by molar-refractivity contribution is 0.614. The largest absolute Gasteiger partial charge is 0.450 e. The van der Waals surface area contributed by atoms with Gasteiger partial charge in [0.2, 0.25) is 0 Å². The maximum Gasteiger partial charge on any atom is 0.328 e. The van der Waals surface area contributed by atoms with E-state index in [2.05, 4.69) is 0 Å². The summed E-state index contributed by atoms with van der Waals surface area (Å²) in [5.74, 6) is -0.407. The predicted octanol–water partition coefficient (Wildman–Crippen LogP) is 0.716. The Balaban J connectivity index is 3.07. The van der Waals surface area contributed by atoms with Gasteiger partial charge in [0.05, 0.1) is 0 Å². The van der Waals surface area contributed by atoms with Crippen LogP contribution in [0.3, 0.4) is 0 Å². The number of rotatable bonds is 1. The van der Waals surface area contributed by atoms with Crippen LogP contribution in [0.25, 0.3) is 0 Å². The van der Waals surface area contributed by atoms with Crippen molar-refractivity contribution in [3.8, 4) is 0 Å². The maximum absolute atomic E-state index is 12.3. The van der Waals surface area contributed by atoms with Crippen molar-refractivity contribution in [3.05, 3.63) is 29.0 Å². The Labute approximate surface area is 63.7 Å². The lowest BCUT2D eigenvalue weighted by atomic mass is 9.89. The number of halogens is 2. The fraction of sp³-hybridized carbons (Fsp3) is 0. The third kappa shape index (κ3) is 1.49. The Morgan fingerprint density at radius 3 is 2.70 bits per heavy atom. The average molecular weight is 157 g/mol. The van der Waals surface area contributed by atoms with Crippen LogP contribution in [-0.4, -0.2) is 12.5 Å². The third-order valence-corrected chi connectivity index (χ3v) is 1.43. The first kappa shape index (κ1) is 7.57. The Hall–Kier alpha value is -0.535. The van der Waals surface area contributed by atoms with Gasteiger partial charge < -0.3 is 5.02 Å². The van der Waals surface area contributed by atoms with Crippen molar-refractivity contribution in [2.45, 2.75) is 0 Å². The third-order valence-electron chi connectivity index (χ3n) is 1.10. The van der Waals surface area contributed by atoms with Crippen LogP contribution < -0.4 is 5.46 Å². The summed E-state index contributed by atoms with van der Waals surface area (Å²) in [6.45, 7) is 0. The number of hydrogen-bond acceptors (Lipinski definition) is 1. The molecule has 1 nitrogen and oxygen atoms in total. The van der Waals surface area contributed by atoms with E-state index in [4.69, 9.17) is 16.6 Å². The van der Waals surface area contributed by atoms with Gasteiger partial charge in [-0.2, -0.15) is 0 Å². The molecule has 0 aromatic heterocycles. The van der Waals surface area contributed by atoms with Crippen LogP contribution in [0.4, 0.5) is 4.39 Å². The van der Waals surface area contributed by atoms with Crippen LogP contribution in [0.15, 0.2) is 18.2 Å². The predicted molar refractivity (Wildman–Crippen MR) is 39.0 cm³/mol. The first-order valence-corrected chi connectivity index (χ1v) is 3.04. The monoisotopic (exact) mass is 157 g/mol. The number of hydrogen-bond donors (Lipinski definition) is 1. The van der Waals surface area contributed by atoms with Crippen molar-refractivity contribution in [1.29, 1.82) is 0 Å². The molecule has 0 saturated heterocycles. The second-order valence-electron chi connectivity index (χ2n) is 1.79. The minimum absolute atomic E-state index is 0.211.